The van der Waals surface area contributed by atoms with Crippen molar-refractivity contribution in [2.75, 3.05) is 6.54 Å². The Kier molecular flexibility index (Phi) is 4.25. The zero-order valence-corrected chi connectivity index (χ0v) is 13.8. The van der Waals surface area contributed by atoms with Gasteiger partial charge in [-0.05, 0) is 44.0 Å². The Morgan fingerprint density at radius 1 is 1.27 bits per heavy atom. The molecular formula is C17H16F3N3O3. The van der Waals surface area contributed by atoms with E-state index >= 15 is 0 Å². The second kappa shape index (κ2) is 6.15. The molecule has 3 rings (SSSR count). The van der Waals surface area contributed by atoms with Gasteiger partial charge >= 0.3 is 12.1 Å². The zero-order valence-electron chi connectivity index (χ0n) is 13.8. The summed E-state index contributed by atoms with van der Waals surface area (Å²) in [6.45, 7) is 1.80. The van der Waals surface area contributed by atoms with Crippen molar-refractivity contribution in [2.24, 2.45) is 0 Å². The molecule has 0 bridgehead atoms. The van der Waals surface area contributed by atoms with E-state index in [1.807, 2.05) is 0 Å². The monoisotopic (exact) mass is 367 g/mol. The fourth-order valence-electron chi connectivity index (χ4n) is 3.07. The van der Waals surface area contributed by atoms with Gasteiger partial charge in [-0.2, -0.15) is 18.3 Å². The lowest BCUT2D eigenvalue weighted by Crippen LogP contribution is -2.50. The third kappa shape index (κ3) is 3.04. The largest absolute Gasteiger partial charge is 0.480 e. The van der Waals surface area contributed by atoms with Crippen LogP contribution in [0, 0.1) is 0 Å². The minimum absolute atomic E-state index is 0.195. The van der Waals surface area contributed by atoms with Gasteiger partial charge in [0.05, 0.1) is 5.69 Å². The third-order valence-corrected chi connectivity index (χ3v) is 4.58. The van der Waals surface area contributed by atoms with Crippen LogP contribution in [0.1, 0.15) is 35.8 Å². The van der Waals surface area contributed by atoms with E-state index in [2.05, 4.69) is 5.10 Å². The summed E-state index contributed by atoms with van der Waals surface area (Å²) in [7, 11) is 0. The molecule has 1 aliphatic rings. The standard InChI is InChI=1S/C17H16F3N3O3/c1-16(15(25)26)7-3-8-22(16)14(24)11-4-2-5-12(10-11)23-9-6-13(21-23)17(18,19)20/h2,4-6,9-10H,3,7-8H2,1H3,(H,25,26). The van der Waals surface area contributed by atoms with E-state index < -0.39 is 29.3 Å². The van der Waals surface area contributed by atoms with Crippen molar-refractivity contribution in [2.45, 2.75) is 31.5 Å². The number of carbonyl (C=O) groups excluding carboxylic acids is 1. The van der Waals surface area contributed by atoms with E-state index in [0.29, 0.717) is 19.4 Å². The highest BCUT2D eigenvalue weighted by Crippen LogP contribution is 2.31. The molecule has 1 atom stereocenters. The Balaban J connectivity index is 1.91. The van der Waals surface area contributed by atoms with Crippen LogP contribution >= 0.6 is 0 Å². The first-order valence-electron chi connectivity index (χ1n) is 7.91. The first-order chi connectivity index (χ1) is 12.1. The van der Waals surface area contributed by atoms with Crippen molar-refractivity contribution in [3.63, 3.8) is 0 Å². The molecule has 26 heavy (non-hydrogen) atoms. The van der Waals surface area contributed by atoms with Crippen LogP contribution in [0.3, 0.4) is 0 Å². The molecule has 2 heterocycles. The molecule has 1 aromatic carbocycles. The highest BCUT2D eigenvalue weighted by atomic mass is 19.4. The van der Waals surface area contributed by atoms with E-state index in [0.717, 1.165) is 16.9 Å². The van der Waals surface area contributed by atoms with Crippen molar-refractivity contribution in [3.8, 4) is 5.69 Å². The predicted molar refractivity (Wildman–Crippen MR) is 84.9 cm³/mol. The molecule has 0 aliphatic carbocycles. The van der Waals surface area contributed by atoms with E-state index in [4.69, 9.17) is 0 Å². The third-order valence-electron chi connectivity index (χ3n) is 4.58. The van der Waals surface area contributed by atoms with E-state index in [9.17, 15) is 27.9 Å². The van der Waals surface area contributed by atoms with Crippen molar-refractivity contribution in [3.05, 3.63) is 47.8 Å². The summed E-state index contributed by atoms with van der Waals surface area (Å²) in [6, 6.07) is 6.78. The second-order valence-corrected chi connectivity index (χ2v) is 6.33. The van der Waals surface area contributed by atoms with Crippen molar-refractivity contribution >= 4 is 11.9 Å². The highest BCUT2D eigenvalue weighted by Gasteiger charge is 2.46. The number of halogens is 3. The minimum atomic E-state index is -4.56. The first-order valence-corrected chi connectivity index (χ1v) is 7.91. The Morgan fingerprint density at radius 2 is 2.00 bits per heavy atom. The molecule has 0 radical (unpaired) electrons. The summed E-state index contributed by atoms with van der Waals surface area (Å²) in [6.07, 6.45) is -2.48. The number of hydrogen-bond donors (Lipinski definition) is 1. The zero-order chi connectivity index (χ0) is 19.1. The fraction of sp³-hybridized carbons (Fsp3) is 0.353. The Bertz CT molecular complexity index is 862. The van der Waals surface area contributed by atoms with Crippen LogP contribution in [0.25, 0.3) is 5.69 Å². The van der Waals surface area contributed by atoms with Crippen molar-refractivity contribution in [1.82, 2.24) is 14.7 Å². The number of hydrogen-bond acceptors (Lipinski definition) is 3. The van der Waals surface area contributed by atoms with Crippen molar-refractivity contribution in [1.29, 1.82) is 0 Å². The van der Waals surface area contributed by atoms with Crippen LogP contribution in [-0.2, 0) is 11.0 Å². The molecule has 0 spiro atoms. The number of nitrogens with zero attached hydrogens (tertiary/aromatic N) is 3. The Morgan fingerprint density at radius 3 is 2.62 bits per heavy atom. The molecule has 1 saturated heterocycles. The normalized spacial score (nSPS) is 20.4. The maximum Gasteiger partial charge on any atom is 0.435 e. The number of benzene rings is 1. The van der Waals surface area contributed by atoms with E-state index in [1.165, 1.54) is 36.1 Å². The molecule has 1 aliphatic heterocycles. The number of alkyl halides is 3. The van der Waals surface area contributed by atoms with Gasteiger partial charge in [0.15, 0.2) is 5.69 Å². The lowest BCUT2D eigenvalue weighted by atomic mass is 9.98. The molecule has 1 N–H and O–H groups in total. The predicted octanol–water partition coefficient (Wildman–Crippen LogP) is 2.97. The number of aromatic nitrogens is 2. The maximum atomic E-state index is 12.8. The highest BCUT2D eigenvalue weighted by molar-refractivity contribution is 5.98. The van der Waals surface area contributed by atoms with Gasteiger partial charge in [-0.1, -0.05) is 6.07 Å². The fourth-order valence-corrected chi connectivity index (χ4v) is 3.07. The smallest absolute Gasteiger partial charge is 0.435 e. The summed E-state index contributed by atoms with van der Waals surface area (Å²) < 4.78 is 39.1. The van der Waals surface area contributed by atoms with Gasteiger partial charge in [0.1, 0.15) is 5.54 Å². The quantitative estimate of drug-likeness (QED) is 0.905. The molecule has 0 saturated carbocycles. The van der Waals surface area contributed by atoms with Crippen molar-refractivity contribution < 1.29 is 27.9 Å². The van der Waals surface area contributed by atoms with Gasteiger partial charge in [0.25, 0.3) is 5.91 Å². The molecule has 1 unspecified atom stereocenters. The van der Waals surface area contributed by atoms with Crippen LogP contribution in [0.5, 0.6) is 0 Å². The molecule has 9 heteroatoms. The SMILES string of the molecule is CC1(C(=O)O)CCCN1C(=O)c1cccc(-n2ccc(C(F)(F)F)n2)c1. The lowest BCUT2D eigenvalue weighted by Gasteiger charge is -2.31. The molecule has 1 aromatic heterocycles. The molecule has 6 nitrogen and oxygen atoms in total. The average molecular weight is 367 g/mol. The molecular weight excluding hydrogens is 351 g/mol. The number of amides is 1. The summed E-state index contributed by atoms with van der Waals surface area (Å²) in [5.41, 5.74) is -1.85. The van der Waals surface area contributed by atoms with E-state index in [1.54, 1.807) is 0 Å². The maximum absolute atomic E-state index is 12.8. The van der Waals surface area contributed by atoms with Gasteiger partial charge < -0.3 is 10.0 Å². The number of carbonyl (C=O) groups is 2. The van der Waals surface area contributed by atoms with Gasteiger partial charge in [0.2, 0.25) is 0 Å². The summed E-state index contributed by atoms with van der Waals surface area (Å²) in [5, 5.41) is 12.9. The first kappa shape index (κ1) is 18.0. The molecule has 1 amide bonds. The molecule has 1 fully saturated rings. The van der Waals surface area contributed by atoms with Crippen LogP contribution in [0.2, 0.25) is 0 Å². The van der Waals surface area contributed by atoms with Crippen LogP contribution in [0.15, 0.2) is 36.5 Å². The number of rotatable bonds is 3. The van der Waals surface area contributed by atoms with Crippen LogP contribution < -0.4 is 0 Å². The van der Waals surface area contributed by atoms with E-state index in [-0.39, 0.29) is 11.3 Å². The van der Waals surface area contributed by atoms with Gasteiger partial charge in [0, 0.05) is 18.3 Å². The number of carboxylic acids is 1. The average Bonchev–Trinajstić information content (AvgIpc) is 3.21. The Hall–Kier alpha value is -2.84. The lowest BCUT2D eigenvalue weighted by molar-refractivity contribution is -0.147. The minimum Gasteiger partial charge on any atom is -0.480 e. The van der Waals surface area contributed by atoms with Gasteiger partial charge in [-0.15, -0.1) is 0 Å². The number of carboxylic acid groups (broad SMARTS) is 1. The molecule has 138 valence electrons. The van der Waals surface area contributed by atoms with Gasteiger partial charge in [-0.25, -0.2) is 9.48 Å². The number of aliphatic carboxylic acids is 1. The summed E-state index contributed by atoms with van der Waals surface area (Å²) >= 11 is 0. The topological polar surface area (TPSA) is 75.4 Å². The number of likely N-dealkylation sites (tertiary alicyclic amines) is 1. The van der Waals surface area contributed by atoms with Crippen LogP contribution in [0.4, 0.5) is 13.2 Å². The Labute approximate surface area is 146 Å². The summed E-state index contributed by atoms with van der Waals surface area (Å²) in [5.74, 6) is -1.56. The summed E-state index contributed by atoms with van der Waals surface area (Å²) in [4.78, 5) is 25.6. The van der Waals surface area contributed by atoms with Gasteiger partial charge in [-0.3, -0.25) is 4.79 Å². The second-order valence-electron chi connectivity index (χ2n) is 6.33. The van der Waals surface area contributed by atoms with Crippen LogP contribution in [-0.4, -0.2) is 43.7 Å². The molecule has 2 aromatic rings.